The maximum absolute atomic E-state index is 11.1. The predicted octanol–water partition coefficient (Wildman–Crippen LogP) is 0.999. The van der Waals surface area contributed by atoms with E-state index in [1.54, 1.807) is 6.07 Å². The molecule has 1 aromatic carbocycles. The summed E-state index contributed by atoms with van der Waals surface area (Å²) in [5.41, 5.74) is -0.0372. The lowest BCUT2D eigenvalue weighted by molar-refractivity contribution is 0.272. The van der Waals surface area contributed by atoms with Gasteiger partial charge in [-0.15, -0.1) is 0 Å². The number of hydrogen-bond acceptors (Lipinski definition) is 5. The van der Waals surface area contributed by atoms with E-state index in [0.29, 0.717) is 10.9 Å². The summed E-state index contributed by atoms with van der Waals surface area (Å²) in [7, 11) is 1.35. The van der Waals surface area contributed by atoms with Gasteiger partial charge in [0.1, 0.15) is 0 Å². The van der Waals surface area contributed by atoms with E-state index in [0.717, 1.165) is 0 Å². The number of aliphatic hydroxyl groups excluding tert-OH is 1. The summed E-state index contributed by atoms with van der Waals surface area (Å²) in [6, 6.07) is 4.35. The van der Waals surface area contributed by atoms with Gasteiger partial charge in [-0.05, 0) is 12.1 Å². The van der Waals surface area contributed by atoms with E-state index in [1.807, 2.05) is 0 Å². The van der Waals surface area contributed by atoms with E-state index in [1.165, 1.54) is 19.2 Å². The zero-order valence-corrected chi connectivity index (χ0v) is 8.56. The zero-order valence-electron chi connectivity index (χ0n) is 8.56. The Balaban J connectivity index is 2.90. The minimum absolute atomic E-state index is 0.0549. The molecule has 0 saturated heterocycles. The Kier molecular flexibility index (Phi) is 2.54. The van der Waals surface area contributed by atoms with Crippen LogP contribution in [0.25, 0.3) is 11.0 Å². The van der Waals surface area contributed by atoms with Crippen LogP contribution in [0.1, 0.15) is 5.56 Å². The molecule has 0 aliphatic carbocycles. The minimum Gasteiger partial charge on any atom is -0.504 e. The smallest absolute Gasteiger partial charge is 0.336 e. The molecule has 0 fully saturated rings. The molecule has 2 aromatic rings. The van der Waals surface area contributed by atoms with Crippen molar-refractivity contribution in [3.8, 4) is 11.5 Å². The highest BCUT2D eigenvalue weighted by Gasteiger charge is 2.14. The quantitative estimate of drug-likeness (QED) is 0.741. The molecule has 2 N–H and O–H groups in total. The van der Waals surface area contributed by atoms with Gasteiger partial charge in [-0.25, -0.2) is 4.79 Å². The number of benzene rings is 1. The van der Waals surface area contributed by atoms with Gasteiger partial charge in [0.15, 0.2) is 11.3 Å². The monoisotopic (exact) mass is 222 g/mol. The topological polar surface area (TPSA) is 79.9 Å². The number of aromatic hydroxyl groups is 1. The van der Waals surface area contributed by atoms with Gasteiger partial charge in [0.2, 0.25) is 5.75 Å². The third-order valence-corrected chi connectivity index (χ3v) is 2.29. The Bertz CT molecular complexity index is 585. The SMILES string of the molecule is COc1c(O)c(CO)cc2ccc(=O)oc12. The molecule has 0 radical (unpaired) electrons. The van der Waals surface area contributed by atoms with E-state index in [9.17, 15) is 9.90 Å². The second kappa shape index (κ2) is 3.86. The molecule has 0 unspecified atom stereocenters. The molecule has 1 aromatic heterocycles. The van der Waals surface area contributed by atoms with Crippen molar-refractivity contribution in [1.29, 1.82) is 0 Å². The number of hydrogen-bond donors (Lipinski definition) is 2. The summed E-state index contributed by atoms with van der Waals surface area (Å²) in [6.07, 6.45) is 0. The van der Waals surface area contributed by atoms with Crippen LogP contribution in [0.3, 0.4) is 0 Å². The van der Waals surface area contributed by atoms with Crippen molar-refractivity contribution in [2.24, 2.45) is 0 Å². The van der Waals surface area contributed by atoms with Crippen LogP contribution >= 0.6 is 0 Å². The first-order valence-corrected chi connectivity index (χ1v) is 4.61. The van der Waals surface area contributed by atoms with Crippen molar-refractivity contribution in [3.05, 3.63) is 34.2 Å². The Morgan fingerprint density at radius 3 is 2.81 bits per heavy atom. The van der Waals surface area contributed by atoms with Gasteiger partial charge < -0.3 is 19.4 Å². The molecule has 0 saturated carbocycles. The molecule has 0 aliphatic rings. The predicted molar refractivity (Wildman–Crippen MR) is 56.6 cm³/mol. The largest absolute Gasteiger partial charge is 0.504 e. The van der Waals surface area contributed by atoms with E-state index in [-0.39, 0.29) is 23.7 Å². The van der Waals surface area contributed by atoms with Crippen LogP contribution in [0.15, 0.2) is 27.4 Å². The zero-order chi connectivity index (χ0) is 11.7. The summed E-state index contributed by atoms with van der Waals surface area (Å²) in [4.78, 5) is 11.1. The highest BCUT2D eigenvalue weighted by atomic mass is 16.5. The Morgan fingerprint density at radius 2 is 2.19 bits per heavy atom. The summed E-state index contributed by atoms with van der Waals surface area (Å²) >= 11 is 0. The van der Waals surface area contributed by atoms with Crippen LogP contribution in [-0.4, -0.2) is 17.3 Å². The minimum atomic E-state index is -0.526. The number of rotatable bonds is 2. The van der Waals surface area contributed by atoms with Gasteiger partial charge in [-0.2, -0.15) is 0 Å². The number of ether oxygens (including phenoxy) is 1. The molecule has 16 heavy (non-hydrogen) atoms. The van der Waals surface area contributed by atoms with Crippen molar-refractivity contribution in [2.45, 2.75) is 6.61 Å². The standard InChI is InChI=1S/C11H10O5/c1-15-11-9(14)7(5-12)4-6-2-3-8(13)16-10(6)11/h2-4,12,14H,5H2,1H3. The number of fused-ring (bicyclic) bond motifs is 1. The van der Waals surface area contributed by atoms with Crippen LogP contribution < -0.4 is 10.4 Å². The highest BCUT2D eigenvalue weighted by molar-refractivity contribution is 5.86. The van der Waals surface area contributed by atoms with Crippen LogP contribution in [-0.2, 0) is 6.61 Å². The third kappa shape index (κ3) is 1.51. The van der Waals surface area contributed by atoms with Crippen molar-refractivity contribution in [2.75, 3.05) is 7.11 Å². The van der Waals surface area contributed by atoms with Crippen LogP contribution in [0.2, 0.25) is 0 Å². The molecule has 0 aliphatic heterocycles. The fraction of sp³-hybridized carbons (Fsp3) is 0.182. The lowest BCUT2D eigenvalue weighted by atomic mass is 10.1. The summed E-state index contributed by atoms with van der Waals surface area (Å²) < 4.78 is 9.90. The van der Waals surface area contributed by atoms with Gasteiger partial charge in [0, 0.05) is 17.0 Å². The molecule has 0 atom stereocenters. The molecule has 0 amide bonds. The average molecular weight is 222 g/mol. The van der Waals surface area contributed by atoms with Crippen molar-refractivity contribution in [1.82, 2.24) is 0 Å². The molecular weight excluding hydrogens is 212 g/mol. The molecule has 0 spiro atoms. The molecule has 84 valence electrons. The van der Waals surface area contributed by atoms with Crippen LogP contribution in [0.4, 0.5) is 0 Å². The van der Waals surface area contributed by atoms with Crippen LogP contribution in [0, 0.1) is 0 Å². The molecular formula is C11H10O5. The normalized spacial score (nSPS) is 10.6. The fourth-order valence-corrected chi connectivity index (χ4v) is 1.54. The Morgan fingerprint density at radius 1 is 1.44 bits per heavy atom. The lowest BCUT2D eigenvalue weighted by Gasteiger charge is -2.09. The summed E-state index contributed by atoms with van der Waals surface area (Å²) in [5, 5.41) is 19.4. The van der Waals surface area contributed by atoms with E-state index >= 15 is 0 Å². The van der Waals surface area contributed by atoms with Crippen molar-refractivity contribution in [3.63, 3.8) is 0 Å². The molecule has 5 heteroatoms. The second-order valence-corrected chi connectivity index (χ2v) is 3.25. The maximum atomic E-state index is 11.1. The van der Waals surface area contributed by atoms with Crippen molar-refractivity contribution < 1.29 is 19.4 Å². The Hall–Kier alpha value is -2.01. The maximum Gasteiger partial charge on any atom is 0.336 e. The van der Waals surface area contributed by atoms with Gasteiger partial charge in [0.05, 0.1) is 13.7 Å². The van der Waals surface area contributed by atoms with Gasteiger partial charge >= 0.3 is 5.63 Å². The molecule has 1 heterocycles. The Labute approximate surface area is 90.5 Å². The first kappa shape index (κ1) is 10.5. The van der Waals surface area contributed by atoms with Crippen LogP contribution in [0.5, 0.6) is 11.5 Å². The van der Waals surface area contributed by atoms with Gasteiger partial charge in [-0.1, -0.05) is 0 Å². The average Bonchev–Trinajstić information content (AvgIpc) is 2.28. The summed E-state index contributed by atoms with van der Waals surface area (Å²) in [5.74, 6) is -0.161. The number of phenols is 1. The van der Waals surface area contributed by atoms with E-state index < -0.39 is 5.63 Å². The summed E-state index contributed by atoms with van der Waals surface area (Å²) in [6.45, 7) is -0.322. The van der Waals surface area contributed by atoms with E-state index in [2.05, 4.69) is 0 Å². The van der Waals surface area contributed by atoms with E-state index in [4.69, 9.17) is 14.3 Å². The lowest BCUT2D eigenvalue weighted by Crippen LogP contribution is -1.98. The first-order chi connectivity index (χ1) is 7.67. The van der Waals surface area contributed by atoms with Gasteiger partial charge in [0.25, 0.3) is 0 Å². The third-order valence-electron chi connectivity index (χ3n) is 2.29. The number of aliphatic hydroxyl groups is 1. The second-order valence-electron chi connectivity index (χ2n) is 3.25. The fourth-order valence-electron chi connectivity index (χ4n) is 1.54. The number of methoxy groups -OCH3 is 1. The van der Waals surface area contributed by atoms with Gasteiger partial charge in [-0.3, -0.25) is 0 Å². The molecule has 0 bridgehead atoms. The highest BCUT2D eigenvalue weighted by Crippen LogP contribution is 2.37. The molecule has 5 nitrogen and oxygen atoms in total. The first-order valence-electron chi connectivity index (χ1n) is 4.61. The molecule has 2 rings (SSSR count). The van der Waals surface area contributed by atoms with Crippen molar-refractivity contribution >= 4 is 11.0 Å².